The van der Waals surface area contributed by atoms with Crippen molar-refractivity contribution in [1.29, 1.82) is 0 Å². The van der Waals surface area contributed by atoms with Gasteiger partial charge in [0.15, 0.2) is 17.6 Å². The zero-order valence-corrected chi connectivity index (χ0v) is 15.6. The largest absolute Gasteiger partial charge is 0.497 e. The monoisotopic (exact) mass is 359 g/mol. The highest BCUT2D eigenvalue weighted by Crippen LogP contribution is 2.27. The molecule has 0 aliphatic carbocycles. The van der Waals surface area contributed by atoms with Crippen LogP contribution in [0.25, 0.3) is 0 Å². The van der Waals surface area contributed by atoms with E-state index in [1.165, 1.54) is 0 Å². The van der Waals surface area contributed by atoms with Gasteiger partial charge in [0.25, 0.3) is 5.91 Å². The van der Waals surface area contributed by atoms with Crippen LogP contribution in [0.2, 0.25) is 0 Å². The van der Waals surface area contributed by atoms with Crippen molar-refractivity contribution in [2.24, 2.45) is 0 Å². The molecule has 1 atom stereocenters. The fourth-order valence-electron chi connectivity index (χ4n) is 2.42. The van der Waals surface area contributed by atoms with Gasteiger partial charge in [-0.3, -0.25) is 4.79 Å². The summed E-state index contributed by atoms with van der Waals surface area (Å²) in [6.45, 7) is 2.22. The maximum Gasteiger partial charge on any atom is 0.260 e. The van der Waals surface area contributed by atoms with Crippen LogP contribution in [0.4, 0.5) is 0 Å². The summed E-state index contributed by atoms with van der Waals surface area (Å²) >= 11 is 0. The third kappa shape index (κ3) is 5.31. The Labute approximate surface area is 154 Å². The van der Waals surface area contributed by atoms with Crippen molar-refractivity contribution in [3.05, 3.63) is 48.0 Å². The van der Waals surface area contributed by atoms with Crippen molar-refractivity contribution < 1.29 is 23.7 Å². The molecule has 0 bridgehead atoms. The first-order valence-corrected chi connectivity index (χ1v) is 8.36. The number of hydrogen-bond acceptors (Lipinski definition) is 5. The summed E-state index contributed by atoms with van der Waals surface area (Å²) in [6.07, 6.45) is 0.0928. The van der Waals surface area contributed by atoms with Gasteiger partial charge in [-0.15, -0.1) is 0 Å². The lowest BCUT2D eigenvalue weighted by molar-refractivity contribution is -0.127. The molecule has 2 rings (SSSR count). The van der Waals surface area contributed by atoms with E-state index in [4.69, 9.17) is 18.9 Å². The van der Waals surface area contributed by atoms with E-state index >= 15 is 0 Å². The molecule has 0 heterocycles. The summed E-state index contributed by atoms with van der Waals surface area (Å²) in [5.74, 6) is 2.55. The molecule has 6 heteroatoms. The maximum absolute atomic E-state index is 12.2. The fraction of sp³-hybridized carbons (Fsp3) is 0.350. The quantitative estimate of drug-likeness (QED) is 0.746. The zero-order valence-electron chi connectivity index (χ0n) is 15.6. The Balaban J connectivity index is 1.82. The number of rotatable bonds is 9. The SMILES string of the molecule is COc1ccc(O[C@@H](C)C(=O)NCCc2ccc(OC)c(OC)c2)cc1. The minimum Gasteiger partial charge on any atom is -0.497 e. The summed E-state index contributed by atoms with van der Waals surface area (Å²) in [7, 11) is 4.80. The number of nitrogens with one attached hydrogen (secondary N) is 1. The summed E-state index contributed by atoms with van der Waals surface area (Å²) < 4.78 is 21.2. The number of hydrogen-bond donors (Lipinski definition) is 1. The molecule has 1 amide bonds. The van der Waals surface area contributed by atoms with Gasteiger partial charge in [0, 0.05) is 6.54 Å². The second-order valence-electron chi connectivity index (χ2n) is 5.67. The van der Waals surface area contributed by atoms with Crippen molar-refractivity contribution in [2.45, 2.75) is 19.4 Å². The van der Waals surface area contributed by atoms with Crippen LogP contribution < -0.4 is 24.3 Å². The standard InChI is InChI=1S/C20H25NO5/c1-14(26-17-8-6-16(23-2)7-9-17)20(22)21-12-11-15-5-10-18(24-3)19(13-15)25-4/h5-10,13-14H,11-12H2,1-4H3,(H,21,22)/t14-/m0/s1. The van der Waals surface area contributed by atoms with E-state index in [2.05, 4.69) is 5.32 Å². The van der Waals surface area contributed by atoms with Gasteiger partial charge in [-0.05, 0) is 55.3 Å². The van der Waals surface area contributed by atoms with E-state index in [9.17, 15) is 4.79 Å². The third-order valence-corrected chi connectivity index (χ3v) is 3.90. The van der Waals surface area contributed by atoms with Crippen molar-refractivity contribution in [3.8, 4) is 23.0 Å². The fourth-order valence-corrected chi connectivity index (χ4v) is 2.42. The third-order valence-electron chi connectivity index (χ3n) is 3.90. The summed E-state index contributed by atoms with van der Waals surface area (Å²) in [6, 6.07) is 12.8. The van der Waals surface area contributed by atoms with Gasteiger partial charge in [0.2, 0.25) is 0 Å². The Morgan fingerprint density at radius 2 is 1.58 bits per heavy atom. The van der Waals surface area contributed by atoms with Crippen LogP contribution in [0.1, 0.15) is 12.5 Å². The van der Waals surface area contributed by atoms with Gasteiger partial charge in [0.1, 0.15) is 11.5 Å². The van der Waals surface area contributed by atoms with Crippen LogP contribution in [0.3, 0.4) is 0 Å². The second kappa shape index (κ2) is 9.56. The van der Waals surface area contributed by atoms with Crippen LogP contribution in [-0.4, -0.2) is 39.9 Å². The molecule has 6 nitrogen and oxygen atoms in total. The number of carbonyl (C=O) groups is 1. The minimum absolute atomic E-state index is 0.165. The molecule has 1 N–H and O–H groups in total. The molecule has 0 spiro atoms. The van der Waals surface area contributed by atoms with Gasteiger partial charge >= 0.3 is 0 Å². The molecule has 0 aromatic heterocycles. The highest BCUT2D eigenvalue weighted by Gasteiger charge is 2.14. The molecule has 0 fully saturated rings. The summed E-state index contributed by atoms with van der Waals surface area (Å²) in [5, 5.41) is 2.88. The summed E-state index contributed by atoms with van der Waals surface area (Å²) in [4.78, 5) is 12.2. The Hall–Kier alpha value is -2.89. The molecular formula is C20H25NO5. The molecule has 0 saturated carbocycles. The first-order chi connectivity index (χ1) is 12.6. The van der Waals surface area contributed by atoms with E-state index in [1.54, 1.807) is 52.5 Å². The highest BCUT2D eigenvalue weighted by atomic mass is 16.5. The lowest BCUT2D eigenvalue weighted by atomic mass is 10.1. The predicted octanol–water partition coefficient (Wildman–Crippen LogP) is 2.84. The molecule has 26 heavy (non-hydrogen) atoms. The van der Waals surface area contributed by atoms with Gasteiger partial charge < -0.3 is 24.3 Å². The second-order valence-corrected chi connectivity index (χ2v) is 5.67. The molecular weight excluding hydrogens is 334 g/mol. The Morgan fingerprint density at radius 1 is 0.923 bits per heavy atom. The predicted molar refractivity (Wildman–Crippen MR) is 99.3 cm³/mol. The van der Waals surface area contributed by atoms with Gasteiger partial charge in [-0.2, -0.15) is 0 Å². The first-order valence-electron chi connectivity index (χ1n) is 8.36. The molecule has 140 valence electrons. The Morgan fingerprint density at radius 3 is 2.19 bits per heavy atom. The Bertz CT molecular complexity index is 715. The number of carbonyl (C=O) groups excluding carboxylic acids is 1. The minimum atomic E-state index is -0.589. The zero-order chi connectivity index (χ0) is 18.9. The number of amides is 1. The average molecular weight is 359 g/mol. The lowest BCUT2D eigenvalue weighted by Crippen LogP contribution is -2.37. The normalized spacial score (nSPS) is 11.4. The summed E-state index contributed by atoms with van der Waals surface area (Å²) in [5.41, 5.74) is 1.05. The van der Waals surface area contributed by atoms with Crippen molar-refractivity contribution in [1.82, 2.24) is 5.32 Å². The van der Waals surface area contributed by atoms with Gasteiger partial charge in [-0.25, -0.2) is 0 Å². The number of benzene rings is 2. The number of ether oxygens (including phenoxy) is 4. The van der Waals surface area contributed by atoms with Gasteiger partial charge in [0.05, 0.1) is 21.3 Å². The molecule has 0 aliphatic heterocycles. The molecule has 2 aromatic carbocycles. The Kier molecular flexibility index (Phi) is 7.14. The average Bonchev–Trinajstić information content (AvgIpc) is 2.68. The van der Waals surface area contributed by atoms with E-state index in [0.717, 1.165) is 11.3 Å². The molecule has 0 unspecified atom stereocenters. The van der Waals surface area contributed by atoms with E-state index in [-0.39, 0.29) is 5.91 Å². The highest BCUT2D eigenvalue weighted by molar-refractivity contribution is 5.80. The van der Waals surface area contributed by atoms with E-state index < -0.39 is 6.10 Å². The van der Waals surface area contributed by atoms with Crippen LogP contribution in [0.5, 0.6) is 23.0 Å². The van der Waals surface area contributed by atoms with Crippen LogP contribution in [-0.2, 0) is 11.2 Å². The van der Waals surface area contributed by atoms with Crippen LogP contribution >= 0.6 is 0 Å². The van der Waals surface area contributed by atoms with Crippen molar-refractivity contribution in [3.63, 3.8) is 0 Å². The molecule has 0 radical (unpaired) electrons. The van der Waals surface area contributed by atoms with Gasteiger partial charge in [-0.1, -0.05) is 6.07 Å². The van der Waals surface area contributed by atoms with Crippen LogP contribution in [0, 0.1) is 0 Å². The van der Waals surface area contributed by atoms with E-state index in [1.807, 2.05) is 18.2 Å². The molecule has 2 aromatic rings. The molecule has 0 aliphatic rings. The smallest absolute Gasteiger partial charge is 0.260 e. The molecule has 0 saturated heterocycles. The maximum atomic E-state index is 12.2. The topological polar surface area (TPSA) is 66.0 Å². The van der Waals surface area contributed by atoms with E-state index in [0.29, 0.717) is 30.2 Å². The number of methoxy groups -OCH3 is 3. The van der Waals surface area contributed by atoms with Crippen LogP contribution in [0.15, 0.2) is 42.5 Å². The first kappa shape index (κ1) is 19.4. The van der Waals surface area contributed by atoms with Crippen molar-refractivity contribution in [2.75, 3.05) is 27.9 Å². The lowest BCUT2D eigenvalue weighted by Gasteiger charge is -2.15. The van der Waals surface area contributed by atoms with Crippen molar-refractivity contribution >= 4 is 5.91 Å².